The third-order valence-corrected chi connectivity index (χ3v) is 7.16. The first-order valence-corrected chi connectivity index (χ1v) is 12.1. The smallest absolute Gasteiger partial charge is 0.393 e. The van der Waals surface area contributed by atoms with Crippen LogP contribution >= 0.6 is 11.3 Å². The molecule has 2 aromatic heterocycles. The predicted octanol–water partition coefficient (Wildman–Crippen LogP) is 3.97. The number of nitrogens with one attached hydrogen (secondary N) is 1. The summed E-state index contributed by atoms with van der Waals surface area (Å²) >= 11 is 0.729. The molecule has 0 saturated carbocycles. The van der Waals surface area contributed by atoms with Crippen molar-refractivity contribution >= 4 is 33.6 Å². The van der Waals surface area contributed by atoms with Crippen LogP contribution in [0.5, 0.6) is 5.88 Å². The van der Waals surface area contributed by atoms with Crippen molar-refractivity contribution in [1.29, 1.82) is 0 Å². The maximum atomic E-state index is 14.2. The lowest BCUT2D eigenvalue weighted by atomic mass is 9.93. The van der Waals surface area contributed by atoms with Crippen LogP contribution in [0.25, 0.3) is 10.6 Å². The van der Waals surface area contributed by atoms with Crippen LogP contribution in [0.2, 0.25) is 0 Å². The molecule has 196 valence electrons. The monoisotopic (exact) mass is 540 g/mol. The molecule has 1 aromatic carbocycles. The highest BCUT2D eigenvalue weighted by molar-refractivity contribution is 7.19. The van der Waals surface area contributed by atoms with Gasteiger partial charge in [0, 0.05) is 31.1 Å². The Labute approximate surface area is 211 Å². The van der Waals surface area contributed by atoms with E-state index in [4.69, 9.17) is 16.2 Å². The molecule has 2 atom stereocenters. The molecule has 5 N–H and O–H groups in total. The second-order valence-electron chi connectivity index (χ2n) is 8.82. The fourth-order valence-electron chi connectivity index (χ4n) is 4.62. The lowest BCUT2D eigenvalue weighted by molar-refractivity contribution is -0.177. The number of nitrogen functional groups attached to an aromatic ring is 1. The van der Waals surface area contributed by atoms with Crippen molar-refractivity contribution in [3.63, 3.8) is 0 Å². The molecule has 14 heteroatoms. The maximum absolute atomic E-state index is 14.2. The van der Waals surface area contributed by atoms with Gasteiger partial charge in [-0.25, -0.2) is 18.7 Å². The number of benzene rings is 1. The van der Waals surface area contributed by atoms with Crippen molar-refractivity contribution in [2.75, 3.05) is 35.6 Å². The van der Waals surface area contributed by atoms with Gasteiger partial charge in [-0.1, -0.05) is 17.4 Å². The number of pyridine rings is 1. The Morgan fingerprint density at radius 3 is 2.65 bits per heavy atom. The molecule has 37 heavy (non-hydrogen) atoms. The van der Waals surface area contributed by atoms with Crippen LogP contribution in [-0.4, -0.2) is 47.8 Å². The SMILES string of the molecule is Nc1sc(-c2c(F)cccc2F)nc1C(=O)Nc1cnc2c(c1N1CC(N)CC(C(F)(F)F)C1)CCO2. The van der Waals surface area contributed by atoms with Gasteiger partial charge in [0.2, 0.25) is 5.88 Å². The summed E-state index contributed by atoms with van der Waals surface area (Å²) in [6.45, 7) is 0.0550. The number of carbonyl (C=O) groups excluding carboxylic acids is 1. The molecule has 1 saturated heterocycles. The first-order chi connectivity index (χ1) is 17.5. The number of piperidine rings is 1. The Morgan fingerprint density at radius 1 is 1.22 bits per heavy atom. The zero-order chi connectivity index (χ0) is 26.5. The molecule has 0 aliphatic carbocycles. The standard InChI is InChI=1S/C23H21F5N6O2S/c24-13-2-1-3-14(25)16(13)22-33-17(19(30)37-22)20(35)32-15-7-31-21-12(4-5-36-21)18(15)34-8-10(23(26,27)28)6-11(29)9-34/h1-3,7,10-11H,4-6,8-9,29-30H2,(H,32,35). The van der Waals surface area contributed by atoms with Crippen molar-refractivity contribution in [3.05, 3.63) is 47.3 Å². The van der Waals surface area contributed by atoms with Crippen LogP contribution in [0.15, 0.2) is 24.4 Å². The summed E-state index contributed by atoms with van der Waals surface area (Å²) in [5.74, 6) is -3.94. The van der Waals surface area contributed by atoms with Gasteiger partial charge in [0.05, 0.1) is 35.7 Å². The lowest BCUT2D eigenvalue weighted by Crippen LogP contribution is -2.51. The Bertz CT molecular complexity index is 1340. The quantitative estimate of drug-likeness (QED) is 0.429. The van der Waals surface area contributed by atoms with Crippen LogP contribution in [0.1, 0.15) is 22.5 Å². The second-order valence-corrected chi connectivity index (χ2v) is 9.86. The molecule has 0 radical (unpaired) electrons. The number of nitrogens with zero attached hydrogens (tertiary/aromatic N) is 3. The number of alkyl halides is 3. The van der Waals surface area contributed by atoms with E-state index in [1.54, 1.807) is 0 Å². The van der Waals surface area contributed by atoms with Gasteiger partial charge in [0.1, 0.15) is 21.6 Å². The predicted molar refractivity (Wildman–Crippen MR) is 128 cm³/mol. The summed E-state index contributed by atoms with van der Waals surface area (Å²) in [5, 5.41) is 2.39. The normalized spacial score (nSPS) is 19.5. The maximum Gasteiger partial charge on any atom is 0.393 e. The third kappa shape index (κ3) is 4.78. The summed E-state index contributed by atoms with van der Waals surface area (Å²) in [7, 11) is 0. The average molecular weight is 541 g/mol. The number of carbonyl (C=O) groups is 1. The van der Waals surface area contributed by atoms with Gasteiger partial charge < -0.3 is 26.4 Å². The molecule has 2 unspecified atom stereocenters. The first kappa shape index (κ1) is 25.1. The Morgan fingerprint density at radius 2 is 1.95 bits per heavy atom. The highest BCUT2D eigenvalue weighted by Crippen LogP contribution is 2.42. The van der Waals surface area contributed by atoms with Crippen LogP contribution < -0.4 is 26.4 Å². The van der Waals surface area contributed by atoms with E-state index in [0.717, 1.165) is 23.5 Å². The van der Waals surface area contributed by atoms with Crippen molar-refractivity contribution in [2.24, 2.45) is 11.7 Å². The highest BCUT2D eigenvalue weighted by Gasteiger charge is 2.45. The van der Waals surface area contributed by atoms with Crippen LogP contribution in [0, 0.1) is 17.6 Å². The van der Waals surface area contributed by atoms with E-state index >= 15 is 0 Å². The van der Waals surface area contributed by atoms with Gasteiger partial charge in [0.25, 0.3) is 5.91 Å². The van der Waals surface area contributed by atoms with E-state index in [2.05, 4.69) is 15.3 Å². The number of thiazole rings is 1. The van der Waals surface area contributed by atoms with Crippen molar-refractivity contribution in [2.45, 2.75) is 25.1 Å². The molecule has 2 aliphatic rings. The molecule has 8 nitrogen and oxygen atoms in total. The second kappa shape index (κ2) is 9.41. The molecule has 0 bridgehead atoms. The summed E-state index contributed by atoms with van der Waals surface area (Å²) in [4.78, 5) is 22.9. The number of rotatable bonds is 4. The molecular formula is C23H21F5N6O2S. The van der Waals surface area contributed by atoms with Gasteiger partial charge in [0.15, 0.2) is 5.69 Å². The molecule has 0 spiro atoms. The summed E-state index contributed by atoms with van der Waals surface area (Å²) in [5.41, 5.74) is 12.2. The molecule has 1 fully saturated rings. The number of hydrogen-bond acceptors (Lipinski definition) is 8. The number of amides is 1. The third-order valence-electron chi connectivity index (χ3n) is 6.26. The van der Waals surface area contributed by atoms with E-state index < -0.39 is 41.2 Å². The van der Waals surface area contributed by atoms with E-state index in [9.17, 15) is 26.7 Å². The van der Waals surface area contributed by atoms with Crippen LogP contribution in [-0.2, 0) is 6.42 Å². The van der Waals surface area contributed by atoms with E-state index in [0.29, 0.717) is 17.7 Å². The molecular weight excluding hydrogens is 519 g/mol. The van der Waals surface area contributed by atoms with Gasteiger partial charge in [-0.05, 0) is 18.6 Å². The van der Waals surface area contributed by atoms with Gasteiger partial charge in [-0.2, -0.15) is 13.2 Å². The Kier molecular flexibility index (Phi) is 6.40. The summed E-state index contributed by atoms with van der Waals surface area (Å²) in [6.07, 6.45) is -3.00. The van der Waals surface area contributed by atoms with Crippen molar-refractivity contribution in [3.8, 4) is 16.5 Å². The average Bonchev–Trinajstić information content (AvgIpc) is 3.44. The zero-order valence-electron chi connectivity index (χ0n) is 19.1. The van der Waals surface area contributed by atoms with Crippen molar-refractivity contribution in [1.82, 2.24) is 9.97 Å². The number of halogens is 5. The first-order valence-electron chi connectivity index (χ1n) is 11.3. The fourth-order valence-corrected chi connectivity index (χ4v) is 5.50. The largest absolute Gasteiger partial charge is 0.477 e. The number of aromatic nitrogens is 2. The minimum Gasteiger partial charge on any atom is -0.477 e. The summed E-state index contributed by atoms with van der Waals surface area (Å²) in [6, 6.07) is 2.55. The number of fused-ring (bicyclic) bond motifs is 1. The molecule has 3 aromatic rings. The van der Waals surface area contributed by atoms with E-state index in [-0.39, 0.29) is 53.4 Å². The number of anilines is 3. The van der Waals surface area contributed by atoms with Crippen molar-refractivity contribution < 1.29 is 31.5 Å². The highest BCUT2D eigenvalue weighted by atomic mass is 32.1. The molecule has 5 rings (SSSR count). The minimum absolute atomic E-state index is 0.0914. The molecule has 4 heterocycles. The fraction of sp³-hybridized carbons (Fsp3) is 0.348. The van der Waals surface area contributed by atoms with Crippen LogP contribution in [0.3, 0.4) is 0 Å². The Hall–Kier alpha value is -3.52. The Balaban J connectivity index is 1.49. The van der Waals surface area contributed by atoms with Gasteiger partial charge >= 0.3 is 6.18 Å². The zero-order valence-corrected chi connectivity index (χ0v) is 19.9. The number of ether oxygens (including phenoxy) is 1. The van der Waals surface area contributed by atoms with E-state index in [1.807, 2.05) is 0 Å². The topological polar surface area (TPSA) is 119 Å². The molecule has 2 aliphatic heterocycles. The minimum atomic E-state index is -4.44. The lowest BCUT2D eigenvalue weighted by Gasteiger charge is -2.39. The van der Waals surface area contributed by atoms with Gasteiger partial charge in [-0.3, -0.25) is 4.79 Å². The number of nitrogens with two attached hydrogens (primary N) is 2. The summed E-state index contributed by atoms with van der Waals surface area (Å²) < 4.78 is 74.7. The van der Waals surface area contributed by atoms with Gasteiger partial charge in [-0.15, -0.1) is 0 Å². The molecule has 1 amide bonds. The van der Waals surface area contributed by atoms with Crippen LogP contribution in [0.4, 0.5) is 38.3 Å². The van der Waals surface area contributed by atoms with E-state index in [1.165, 1.54) is 17.2 Å². The number of hydrogen-bond donors (Lipinski definition) is 3.